The number of hydrogen-bond acceptors (Lipinski definition) is 2. The third-order valence-corrected chi connectivity index (χ3v) is 9.33. The number of nitrogens with zero attached hydrogens (tertiary/aromatic N) is 1. The first-order valence-electron chi connectivity index (χ1n) is 10.0. The molecule has 130 valence electrons. The van der Waals surface area contributed by atoms with Crippen LogP contribution in [0.1, 0.15) is 78.6 Å². The highest BCUT2D eigenvalue weighted by atomic mass is 16.6. The van der Waals surface area contributed by atoms with Crippen LogP contribution in [0.15, 0.2) is 0 Å². The molecule has 4 saturated carbocycles. The van der Waals surface area contributed by atoms with Gasteiger partial charge in [-0.25, -0.2) is 0 Å². The molecule has 0 saturated heterocycles. The van der Waals surface area contributed by atoms with Crippen LogP contribution in [-0.2, 0) is 0 Å². The van der Waals surface area contributed by atoms with E-state index in [0.717, 1.165) is 42.9 Å². The predicted molar refractivity (Wildman–Crippen MR) is 91.7 cm³/mol. The second-order valence-corrected chi connectivity index (χ2v) is 9.76. The molecule has 0 spiro atoms. The van der Waals surface area contributed by atoms with E-state index in [1.165, 1.54) is 38.5 Å². The zero-order valence-corrected chi connectivity index (χ0v) is 15.1. The van der Waals surface area contributed by atoms with Crippen molar-refractivity contribution in [3.05, 3.63) is 10.1 Å². The van der Waals surface area contributed by atoms with Crippen LogP contribution in [-0.4, -0.2) is 11.0 Å². The van der Waals surface area contributed by atoms with E-state index in [4.69, 9.17) is 0 Å². The second kappa shape index (κ2) is 5.20. The number of fused-ring (bicyclic) bond motifs is 5. The highest BCUT2D eigenvalue weighted by molar-refractivity contribution is 5.11. The molecule has 4 aliphatic carbocycles. The largest absolute Gasteiger partial charge is 0.264 e. The average molecular weight is 319 g/mol. The molecule has 23 heavy (non-hydrogen) atoms. The Morgan fingerprint density at radius 1 is 1.00 bits per heavy atom. The number of rotatable bonds is 2. The van der Waals surface area contributed by atoms with Gasteiger partial charge in [-0.1, -0.05) is 27.2 Å². The molecule has 0 aromatic heterocycles. The molecular weight excluding hydrogens is 286 g/mol. The maximum absolute atomic E-state index is 11.3. The minimum atomic E-state index is -0.258. The smallest absolute Gasteiger partial charge is 0.213 e. The summed E-state index contributed by atoms with van der Waals surface area (Å²) >= 11 is 0. The van der Waals surface area contributed by atoms with Crippen molar-refractivity contribution < 1.29 is 4.92 Å². The monoisotopic (exact) mass is 319 g/mol. The molecule has 6 unspecified atom stereocenters. The summed E-state index contributed by atoms with van der Waals surface area (Å²) in [6.45, 7) is 7.45. The van der Waals surface area contributed by atoms with Gasteiger partial charge in [-0.3, -0.25) is 10.1 Å². The number of nitro groups is 1. The van der Waals surface area contributed by atoms with Gasteiger partial charge < -0.3 is 0 Å². The summed E-state index contributed by atoms with van der Waals surface area (Å²) in [5.41, 5.74) is 0.977. The van der Waals surface area contributed by atoms with Crippen LogP contribution in [0, 0.1) is 50.5 Å². The highest BCUT2D eigenvalue weighted by Crippen LogP contribution is 2.69. The Labute approximate surface area is 140 Å². The van der Waals surface area contributed by atoms with Gasteiger partial charge in [-0.05, 0) is 78.9 Å². The van der Waals surface area contributed by atoms with Gasteiger partial charge in [0.05, 0.1) is 0 Å². The summed E-state index contributed by atoms with van der Waals surface area (Å²) in [7, 11) is 0. The molecule has 4 aliphatic rings. The molecule has 0 aromatic rings. The fourth-order valence-corrected chi connectivity index (χ4v) is 7.99. The van der Waals surface area contributed by atoms with E-state index in [2.05, 4.69) is 20.8 Å². The van der Waals surface area contributed by atoms with E-state index < -0.39 is 0 Å². The van der Waals surface area contributed by atoms with Crippen LogP contribution in [0.4, 0.5) is 0 Å². The third kappa shape index (κ3) is 2.07. The molecule has 4 rings (SSSR count). The van der Waals surface area contributed by atoms with Gasteiger partial charge in [0.2, 0.25) is 6.04 Å². The molecule has 3 heteroatoms. The summed E-state index contributed by atoms with van der Waals surface area (Å²) in [5.74, 6) is 4.17. The minimum Gasteiger partial charge on any atom is -0.264 e. The SMILES string of the molecule is CCC1CCC2[C@H]3CC4CC([N+](=O)[O-])CCC4(C)C3CC[C@@]12C. The van der Waals surface area contributed by atoms with Gasteiger partial charge in [-0.2, -0.15) is 0 Å². The van der Waals surface area contributed by atoms with E-state index >= 15 is 0 Å². The molecule has 0 radical (unpaired) electrons. The highest BCUT2D eigenvalue weighted by Gasteiger charge is 2.62. The Morgan fingerprint density at radius 2 is 1.70 bits per heavy atom. The Morgan fingerprint density at radius 3 is 2.39 bits per heavy atom. The summed E-state index contributed by atoms with van der Waals surface area (Å²) < 4.78 is 0. The van der Waals surface area contributed by atoms with Gasteiger partial charge in [0.1, 0.15) is 0 Å². The minimum absolute atomic E-state index is 0.00829. The van der Waals surface area contributed by atoms with Crippen LogP contribution in [0.5, 0.6) is 0 Å². The van der Waals surface area contributed by atoms with Crippen molar-refractivity contribution in [1.82, 2.24) is 0 Å². The molecule has 0 amide bonds. The van der Waals surface area contributed by atoms with E-state index in [-0.39, 0.29) is 11.0 Å². The molecular formula is C20H33NO2. The molecule has 0 aliphatic heterocycles. The molecule has 3 nitrogen and oxygen atoms in total. The average Bonchev–Trinajstić information content (AvgIpc) is 3.00. The standard InChI is InChI=1S/C20H33NO2/c1-4-13-5-6-17-16-12-14-11-15(21(22)23)7-9-20(14,3)18(16)8-10-19(13,17)2/h13-18H,4-12H2,1-3H3/t13?,14?,15?,16-,17?,18?,19+,20?/m1/s1. The third-order valence-electron chi connectivity index (χ3n) is 9.33. The van der Waals surface area contributed by atoms with Crippen LogP contribution in [0.3, 0.4) is 0 Å². The van der Waals surface area contributed by atoms with Crippen molar-refractivity contribution in [2.45, 2.75) is 84.6 Å². The fourth-order valence-electron chi connectivity index (χ4n) is 7.99. The molecule has 8 atom stereocenters. The Bertz CT molecular complexity index is 506. The zero-order valence-electron chi connectivity index (χ0n) is 15.1. The molecule has 0 N–H and O–H groups in total. The quantitative estimate of drug-likeness (QED) is 0.511. The van der Waals surface area contributed by atoms with Gasteiger partial charge in [0.15, 0.2) is 0 Å². The molecule has 0 bridgehead atoms. The lowest BCUT2D eigenvalue weighted by atomic mass is 9.54. The lowest BCUT2D eigenvalue weighted by molar-refractivity contribution is -0.529. The summed E-state index contributed by atoms with van der Waals surface area (Å²) in [5, 5.41) is 11.3. The molecule has 4 fully saturated rings. The predicted octanol–water partition coefficient (Wildman–Crippen LogP) is 5.31. The van der Waals surface area contributed by atoms with Gasteiger partial charge in [0.25, 0.3) is 0 Å². The first-order chi connectivity index (χ1) is 10.9. The van der Waals surface area contributed by atoms with E-state index in [1.807, 2.05) is 0 Å². The Hall–Kier alpha value is -0.600. The molecule has 0 aromatic carbocycles. The van der Waals surface area contributed by atoms with Crippen LogP contribution in [0.25, 0.3) is 0 Å². The van der Waals surface area contributed by atoms with Gasteiger partial charge in [0, 0.05) is 17.8 Å². The maximum atomic E-state index is 11.3. The van der Waals surface area contributed by atoms with E-state index in [9.17, 15) is 10.1 Å². The van der Waals surface area contributed by atoms with Crippen LogP contribution < -0.4 is 0 Å². The Balaban J connectivity index is 1.60. The fraction of sp³-hybridized carbons (Fsp3) is 1.00. The van der Waals surface area contributed by atoms with Crippen molar-refractivity contribution in [3.8, 4) is 0 Å². The lowest BCUT2D eigenvalue weighted by Gasteiger charge is -2.50. The zero-order chi connectivity index (χ0) is 16.4. The van der Waals surface area contributed by atoms with Gasteiger partial charge >= 0.3 is 0 Å². The van der Waals surface area contributed by atoms with Crippen LogP contribution >= 0.6 is 0 Å². The summed E-state index contributed by atoms with van der Waals surface area (Å²) in [6.07, 6.45) is 11.1. The second-order valence-electron chi connectivity index (χ2n) is 9.76. The summed E-state index contributed by atoms with van der Waals surface area (Å²) in [6, 6.07) is -0.258. The molecule has 0 heterocycles. The van der Waals surface area contributed by atoms with E-state index in [0.29, 0.717) is 16.7 Å². The van der Waals surface area contributed by atoms with Crippen molar-refractivity contribution in [1.29, 1.82) is 0 Å². The first-order valence-corrected chi connectivity index (χ1v) is 10.0. The normalized spacial score (nSPS) is 55.1. The topological polar surface area (TPSA) is 43.1 Å². The lowest BCUT2D eigenvalue weighted by Crippen LogP contribution is -2.44. The number of hydrogen-bond donors (Lipinski definition) is 0. The first kappa shape index (κ1) is 15.9. The summed E-state index contributed by atoms with van der Waals surface area (Å²) in [4.78, 5) is 11.3. The maximum Gasteiger partial charge on any atom is 0.213 e. The van der Waals surface area contributed by atoms with Crippen LogP contribution in [0.2, 0.25) is 0 Å². The van der Waals surface area contributed by atoms with Crippen molar-refractivity contribution in [2.75, 3.05) is 0 Å². The van der Waals surface area contributed by atoms with Gasteiger partial charge in [-0.15, -0.1) is 0 Å². The van der Waals surface area contributed by atoms with Crippen molar-refractivity contribution >= 4 is 0 Å². The Kier molecular flexibility index (Phi) is 3.59. The van der Waals surface area contributed by atoms with E-state index in [1.54, 1.807) is 0 Å². The van der Waals surface area contributed by atoms with Crippen molar-refractivity contribution in [3.63, 3.8) is 0 Å². The van der Waals surface area contributed by atoms with Crippen molar-refractivity contribution in [2.24, 2.45) is 40.4 Å².